The molecule has 0 spiro atoms. The highest BCUT2D eigenvalue weighted by atomic mass is 32.2. The second-order valence-electron chi connectivity index (χ2n) is 6.85. The third-order valence-electron chi connectivity index (χ3n) is 5.10. The fourth-order valence-corrected chi connectivity index (χ4v) is 5.10. The van der Waals surface area contributed by atoms with Crippen LogP contribution in [0.2, 0.25) is 0 Å². The van der Waals surface area contributed by atoms with E-state index in [1.54, 1.807) is 13.0 Å². The summed E-state index contributed by atoms with van der Waals surface area (Å²) in [6, 6.07) is 1.95. The molecule has 122 valence electrons. The number of carbonyl (C=O) groups is 1. The summed E-state index contributed by atoms with van der Waals surface area (Å²) in [4.78, 5) is 12.1. The Bertz CT molecular complexity index is 571. The normalized spacial score (nSPS) is 29.5. The maximum Gasteiger partial charge on any atom is 0.232 e. The van der Waals surface area contributed by atoms with Crippen molar-refractivity contribution in [2.45, 2.75) is 51.3 Å². The Hall–Kier alpha value is -1.17. The summed E-state index contributed by atoms with van der Waals surface area (Å²) in [6.07, 6.45) is 5.26. The first-order valence-electron chi connectivity index (χ1n) is 8.08. The monoisotopic (exact) mass is 324 g/mol. The highest BCUT2D eigenvalue weighted by Crippen LogP contribution is 2.49. The number of nitrogens with one attached hydrogen (secondary N) is 1. The van der Waals surface area contributed by atoms with Gasteiger partial charge in [0.15, 0.2) is 0 Å². The van der Waals surface area contributed by atoms with Crippen LogP contribution in [0.1, 0.15) is 44.1 Å². The molecule has 5 nitrogen and oxygen atoms in total. The molecule has 0 saturated heterocycles. The first-order valence-corrected chi connectivity index (χ1v) is 9.56. The molecule has 1 aromatic rings. The zero-order chi connectivity index (χ0) is 15.7. The van der Waals surface area contributed by atoms with Crippen LogP contribution in [0.15, 0.2) is 10.6 Å². The van der Waals surface area contributed by atoms with Crippen LogP contribution in [-0.4, -0.2) is 27.1 Å². The second-order valence-corrected chi connectivity index (χ2v) is 8.31. The summed E-state index contributed by atoms with van der Waals surface area (Å²) < 4.78 is 17.0. The average Bonchev–Trinajstić information content (AvgIpc) is 3.15. The van der Waals surface area contributed by atoms with Crippen LogP contribution < -0.4 is 5.32 Å². The van der Waals surface area contributed by atoms with E-state index in [-0.39, 0.29) is 23.5 Å². The average molecular weight is 324 g/mol. The minimum Gasteiger partial charge on any atom is -0.361 e. The molecule has 0 radical (unpaired) electrons. The van der Waals surface area contributed by atoms with Crippen molar-refractivity contribution in [3.8, 4) is 0 Å². The number of aromatic nitrogens is 1. The standard InChI is InChI=1S/C16H24N2O3S/c1-10-5-14(18-21-10)8-22(20)9-16(19)17-11(2)15-7-12-3-4-13(15)6-12/h5,11-13,15H,3-4,6-9H2,1-2H3,(H,17,19)/t11-,12-,13-,15-,22-/m0/s1. The van der Waals surface area contributed by atoms with Crippen molar-refractivity contribution in [2.24, 2.45) is 17.8 Å². The quantitative estimate of drug-likeness (QED) is 0.870. The molecular formula is C16H24N2O3S. The zero-order valence-electron chi connectivity index (χ0n) is 13.2. The molecule has 2 aliphatic rings. The topological polar surface area (TPSA) is 72.2 Å². The lowest BCUT2D eigenvalue weighted by molar-refractivity contribution is -0.119. The molecule has 6 heteroatoms. The van der Waals surface area contributed by atoms with E-state index in [0.717, 1.165) is 11.8 Å². The van der Waals surface area contributed by atoms with Gasteiger partial charge in [0.1, 0.15) is 11.5 Å². The van der Waals surface area contributed by atoms with Gasteiger partial charge in [-0.05, 0) is 50.9 Å². The lowest BCUT2D eigenvalue weighted by Crippen LogP contribution is -2.42. The Kier molecular flexibility index (Phi) is 4.66. The Labute approximate surface area is 133 Å². The predicted molar refractivity (Wildman–Crippen MR) is 84.5 cm³/mol. The van der Waals surface area contributed by atoms with Crippen LogP contribution in [0.3, 0.4) is 0 Å². The van der Waals surface area contributed by atoms with Crippen LogP contribution in [0.4, 0.5) is 0 Å². The summed E-state index contributed by atoms with van der Waals surface area (Å²) in [5.41, 5.74) is 0.643. The van der Waals surface area contributed by atoms with E-state index < -0.39 is 10.8 Å². The van der Waals surface area contributed by atoms with Gasteiger partial charge in [-0.2, -0.15) is 0 Å². The van der Waals surface area contributed by atoms with Gasteiger partial charge in [-0.25, -0.2) is 0 Å². The van der Waals surface area contributed by atoms with Gasteiger partial charge in [0.05, 0.1) is 11.4 Å². The molecule has 2 aliphatic carbocycles. The third kappa shape index (κ3) is 3.59. The maximum absolute atomic E-state index is 12.1. The van der Waals surface area contributed by atoms with Crippen molar-refractivity contribution in [2.75, 3.05) is 5.75 Å². The van der Waals surface area contributed by atoms with Crippen molar-refractivity contribution < 1.29 is 13.5 Å². The maximum atomic E-state index is 12.1. The van der Waals surface area contributed by atoms with Crippen LogP contribution in [0, 0.1) is 24.7 Å². The summed E-state index contributed by atoms with van der Waals surface area (Å²) in [6.45, 7) is 3.89. The molecule has 1 N–H and O–H groups in total. The van der Waals surface area contributed by atoms with Gasteiger partial charge < -0.3 is 9.84 Å². The second kappa shape index (κ2) is 6.52. The van der Waals surface area contributed by atoms with Crippen molar-refractivity contribution in [3.05, 3.63) is 17.5 Å². The molecule has 1 aromatic heterocycles. The number of fused-ring (bicyclic) bond motifs is 2. The van der Waals surface area contributed by atoms with Gasteiger partial charge in [0, 0.05) is 22.9 Å². The first kappa shape index (κ1) is 15.7. The predicted octanol–water partition coefficient (Wildman–Crippen LogP) is 2.17. The van der Waals surface area contributed by atoms with Crippen LogP contribution in [-0.2, 0) is 21.3 Å². The Morgan fingerprint density at radius 3 is 2.91 bits per heavy atom. The number of amides is 1. The molecule has 1 amide bonds. The number of hydrogen-bond donors (Lipinski definition) is 1. The van der Waals surface area contributed by atoms with E-state index in [0.29, 0.717) is 17.4 Å². The van der Waals surface area contributed by atoms with E-state index >= 15 is 0 Å². The first-order chi connectivity index (χ1) is 10.5. The highest BCUT2D eigenvalue weighted by molar-refractivity contribution is 7.84. The molecule has 22 heavy (non-hydrogen) atoms. The van der Waals surface area contributed by atoms with Gasteiger partial charge in [-0.1, -0.05) is 11.6 Å². The molecule has 0 unspecified atom stereocenters. The Balaban J connectivity index is 1.44. The van der Waals surface area contributed by atoms with Crippen molar-refractivity contribution in [1.82, 2.24) is 10.5 Å². The molecular weight excluding hydrogens is 300 g/mol. The fraction of sp³-hybridized carbons (Fsp3) is 0.750. The Morgan fingerprint density at radius 2 is 2.32 bits per heavy atom. The molecule has 2 saturated carbocycles. The van der Waals surface area contributed by atoms with Gasteiger partial charge in [-0.3, -0.25) is 9.00 Å². The summed E-state index contributed by atoms with van der Waals surface area (Å²) >= 11 is 0. The summed E-state index contributed by atoms with van der Waals surface area (Å²) in [7, 11) is -1.24. The molecule has 1 heterocycles. The zero-order valence-corrected chi connectivity index (χ0v) is 14.0. The largest absolute Gasteiger partial charge is 0.361 e. The molecule has 5 atom stereocenters. The molecule has 3 rings (SSSR count). The lowest BCUT2D eigenvalue weighted by Gasteiger charge is -2.28. The van der Waals surface area contributed by atoms with E-state index in [4.69, 9.17) is 4.52 Å². The highest BCUT2D eigenvalue weighted by Gasteiger charge is 2.42. The van der Waals surface area contributed by atoms with E-state index in [9.17, 15) is 9.00 Å². The summed E-state index contributed by atoms with van der Waals surface area (Å²) in [5.74, 6) is 3.15. The van der Waals surface area contributed by atoms with Crippen molar-refractivity contribution in [3.63, 3.8) is 0 Å². The number of rotatable bonds is 6. The Morgan fingerprint density at radius 1 is 1.50 bits per heavy atom. The van der Waals surface area contributed by atoms with Gasteiger partial charge in [0.25, 0.3) is 0 Å². The third-order valence-corrected chi connectivity index (χ3v) is 6.30. The molecule has 0 aromatic carbocycles. The molecule has 2 bridgehead atoms. The van der Waals surface area contributed by atoms with Gasteiger partial charge in [-0.15, -0.1) is 0 Å². The van der Waals surface area contributed by atoms with E-state index in [1.807, 2.05) is 0 Å². The van der Waals surface area contributed by atoms with Crippen LogP contribution >= 0.6 is 0 Å². The SMILES string of the molecule is Cc1cc(C[S@](=O)CC(=O)N[C@@H](C)[C@@H]2C[C@H]3CC[C@H]2C3)no1. The number of carbonyl (C=O) groups excluding carboxylic acids is 1. The number of nitrogens with zero attached hydrogens (tertiary/aromatic N) is 1. The van der Waals surface area contributed by atoms with Crippen molar-refractivity contribution >= 4 is 16.7 Å². The van der Waals surface area contributed by atoms with Gasteiger partial charge in [0.2, 0.25) is 5.91 Å². The molecule has 2 fully saturated rings. The van der Waals surface area contributed by atoms with E-state index in [2.05, 4.69) is 17.4 Å². The smallest absolute Gasteiger partial charge is 0.232 e. The number of hydrogen-bond acceptors (Lipinski definition) is 4. The summed E-state index contributed by atoms with van der Waals surface area (Å²) in [5, 5.41) is 6.87. The van der Waals surface area contributed by atoms with Crippen molar-refractivity contribution in [1.29, 1.82) is 0 Å². The minimum atomic E-state index is -1.24. The molecule has 0 aliphatic heterocycles. The van der Waals surface area contributed by atoms with Crippen LogP contribution in [0.25, 0.3) is 0 Å². The van der Waals surface area contributed by atoms with E-state index in [1.165, 1.54) is 25.7 Å². The fourth-order valence-electron chi connectivity index (χ4n) is 4.16. The van der Waals surface area contributed by atoms with Gasteiger partial charge >= 0.3 is 0 Å². The lowest BCUT2D eigenvalue weighted by atomic mass is 9.84. The van der Waals surface area contributed by atoms with Crippen LogP contribution in [0.5, 0.6) is 0 Å². The number of aryl methyl sites for hydroxylation is 1. The minimum absolute atomic E-state index is 0.0388.